The molecule has 21 heavy (non-hydrogen) atoms. The zero-order valence-corrected chi connectivity index (χ0v) is 12.7. The maximum absolute atomic E-state index is 12.3. The largest absolute Gasteiger partial charge is 0.485 e. The van der Waals surface area contributed by atoms with Crippen LogP contribution in [0.2, 0.25) is 0 Å². The molecule has 1 fully saturated rings. The van der Waals surface area contributed by atoms with E-state index >= 15 is 0 Å². The number of carbonyl (C=O) groups is 1. The van der Waals surface area contributed by atoms with Crippen LogP contribution in [0.15, 0.2) is 29.4 Å². The molecule has 1 aliphatic heterocycles. The van der Waals surface area contributed by atoms with Crippen LogP contribution in [0.1, 0.15) is 19.8 Å². The van der Waals surface area contributed by atoms with Gasteiger partial charge in [-0.2, -0.15) is 0 Å². The minimum atomic E-state index is -0.356. The van der Waals surface area contributed by atoms with Gasteiger partial charge in [-0.25, -0.2) is 0 Å². The molecule has 1 amide bonds. The summed E-state index contributed by atoms with van der Waals surface area (Å²) >= 11 is 1.69. The highest BCUT2D eigenvalue weighted by Crippen LogP contribution is 2.38. The molecule has 1 atom stereocenters. The number of nitrogens with two attached hydrogens (primary N) is 1. The number of benzene rings is 1. The first-order valence-corrected chi connectivity index (χ1v) is 7.67. The quantitative estimate of drug-likeness (QED) is 0.335. The Morgan fingerprint density at radius 2 is 2.43 bits per heavy atom. The Bertz CT molecular complexity index is 542. The van der Waals surface area contributed by atoms with Gasteiger partial charge in [-0.15, -0.1) is 11.8 Å². The van der Waals surface area contributed by atoms with Crippen LogP contribution in [0.3, 0.4) is 0 Å². The summed E-state index contributed by atoms with van der Waals surface area (Å²) in [6, 6.07) is 7.04. The summed E-state index contributed by atoms with van der Waals surface area (Å²) in [5.41, 5.74) is 6.01. The van der Waals surface area contributed by atoms with Crippen molar-refractivity contribution < 1.29 is 14.7 Å². The van der Waals surface area contributed by atoms with Gasteiger partial charge in [-0.05, 0) is 37.7 Å². The van der Waals surface area contributed by atoms with Crippen molar-refractivity contribution in [1.29, 1.82) is 0 Å². The normalized spacial score (nSPS) is 22.0. The van der Waals surface area contributed by atoms with Crippen molar-refractivity contribution in [1.82, 2.24) is 0 Å². The Labute approximate surface area is 127 Å². The van der Waals surface area contributed by atoms with Crippen molar-refractivity contribution in [2.45, 2.75) is 24.5 Å². The monoisotopic (exact) mass is 309 g/mol. The summed E-state index contributed by atoms with van der Waals surface area (Å²) in [6.07, 6.45) is 1.96. The Morgan fingerprint density at radius 3 is 3.10 bits per heavy atom. The van der Waals surface area contributed by atoms with E-state index in [0.29, 0.717) is 11.4 Å². The number of carbonyl (C=O) groups excluding carboxylic acids is 1. The number of hydrogen-bond acceptors (Lipinski definition) is 5. The van der Waals surface area contributed by atoms with E-state index in [1.54, 1.807) is 36.0 Å². The second kappa shape index (κ2) is 6.71. The summed E-state index contributed by atoms with van der Waals surface area (Å²) in [6.45, 7) is 1.96. The molecule has 1 aromatic rings. The Morgan fingerprint density at radius 1 is 1.62 bits per heavy atom. The number of amides is 1. The lowest BCUT2D eigenvalue weighted by molar-refractivity contribution is -0.118. The minimum Gasteiger partial charge on any atom is -0.485 e. The van der Waals surface area contributed by atoms with Gasteiger partial charge in [0, 0.05) is 11.8 Å². The number of hydrogen-bond donors (Lipinski definition) is 3. The maximum Gasteiger partial charge on any atom is 0.240 e. The number of amidine groups is 1. The summed E-state index contributed by atoms with van der Waals surface area (Å²) in [5, 5.41) is 14.2. The highest BCUT2D eigenvalue weighted by atomic mass is 32.2. The Balaban J connectivity index is 1.99. The molecule has 1 aliphatic rings. The molecule has 2 rings (SSSR count). The summed E-state index contributed by atoms with van der Waals surface area (Å²) < 4.78 is 5.00. The second-order valence-corrected chi connectivity index (χ2v) is 6.64. The number of nitrogens with zero attached hydrogens (tertiary/aromatic N) is 1. The average molecular weight is 309 g/mol. The van der Waals surface area contributed by atoms with Gasteiger partial charge in [-0.3, -0.25) is 4.79 Å². The van der Waals surface area contributed by atoms with Crippen molar-refractivity contribution in [3.8, 4) is 5.75 Å². The maximum atomic E-state index is 12.3. The number of ether oxygens (including phenoxy) is 1. The molecule has 0 radical (unpaired) electrons. The van der Waals surface area contributed by atoms with Crippen LogP contribution in [0, 0.1) is 0 Å². The standard InChI is InChI=1S/C14H19N3O3S/c1-14(6-3-7-21-14)13(18)16-10-4-2-5-11(8-10)20-9-12(15)17-19/h2,4-5,8,19H,3,6-7,9H2,1H3,(H2,15,17)(H,16,18). The molecule has 0 bridgehead atoms. The third-order valence-electron chi connectivity index (χ3n) is 3.31. The smallest absolute Gasteiger partial charge is 0.240 e. The highest BCUT2D eigenvalue weighted by molar-refractivity contribution is 8.01. The topological polar surface area (TPSA) is 96.9 Å². The minimum absolute atomic E-state index is 0.0124. The van der Waals surface area contributed by atoms with Gasteiger partial charge in [0.15, 0.2) is 5.84 Å². The van der Waals surface area contributed by atoms with E-state index in [1.807, 2.05) is 6.92 Å². The first kappa shape index (κ1) is 15.5. The number of rotatable bonds is 5. The Hall–Kier alpha value is -1.89. The van der Waals surface area contributed by atoms with Crippen molar-refractivity contribution in [3.05, 3.63) is 24.3 Å². The van der Waals surface area contributed by atoms with Crippen LogP contribution < -0.4 is 15.8 Å². The molecule has 6 nitrogen and oxygen atoms in total. The molecule has 4 N–H and O–H groups in total. The summed E-state index contributed by atoms with van der Waals surface area (Å²) in [4.78, 5) is 12.3. The highest BCUT2D eigenvalue weighted by Gasteiger charge is 2.37. The van der Waals surface area contributed by atoms with Crippen molar-refractivity contribution in [2.24, 2.45) is 10.9 Å². The predicted molar refractivity (Wildman–Crippen MR) is 84.1 cm³/mol. The Kier molecular flexibility index (Phi) is 4.95. The molecule has 1 aromatic carbocycles. The van der Waals surface area contributed by atoms with Crippen molar-refractivity contribution in [2.75, 3.05) is 17.7 Å². The van der Waals surface area contributed by atoms with Crippen molar-refractivity contribution in [3.63, 3.8) is 0 Å². The SMILES string of the molecule is CC1(C(=O)Nc2cccc(OC/C(N)=N/O)c2)CCCS1. The van der Waals surface area contributed by atoms with Gasteiger partial charge in [0.1, 0.15) is 12.4 Å². The molecule has 0 aromatic heterocycles. The number of oxime groups is 1. The fourth-order valence-corrected chi connectivity index (χ4v) is 3.28. The molecular formula is C14H19N3O3S. The third-order valence-corrected chi connectivity index (χ3v) is 4.83. The van der Waals surface area contributed by atoms with Crippen LogP contribution >= 0.6 is 11.8 Å². The fraction of sp³-hybridized carbons (Fsp3) is 0.429. The molecular weight excluding hydrogens is 290 g/mol. The van der Waals surface area contributed by atoms with E-state index in [9.17, 15) is 4.79 Å². The van der Waals surface area contributed by atoms with Gasteiger partial charge in [0.2, 0.25) is 5.91 Å². The number of anilines is 1. The molecule has 1 heterocycles. The lowest BCUT2D eigenvalue weighted by atomic mass is 10.0. The molecule has 1 saturated heterocycles. The van der Waals surface area contributed by atoms with Gasteiger partial charge >= 0.3 is 0 Å². The van der Waals surface area contributed by atoms with Gasteiger partial charge < -0.3 is 21.0 Å². The lowest BCUT2D eigenvalue weighted by Crippen LogP contribution is -2.34. The second-order valence-electron chi connectivity index (χ2n) is 5.04. The van der Waals surface area contributed by atoms with Crippen LogP contribution in [0.5, 0.6) is 5.75 Å². The van der Waals surface area contributed by atoms with E-state index in [4.69, 9.17) is 15.7 Å². The first-order valence-electron chi connectivity index (χ1n) is 6.68. The van der Waals surface area contributed by atoms with E-state index in [0.717, 1.165) is 18.6 Å². The molecule has 0 aliphatic carbocycles. The molecule has 7 heteroatoms. The summed E-state index contributed by atoms with van der Waals surface area (Å²) in [5.74, 6) is 1.56. The number of thioether (sulfide) groups is 1. The first-order chi connectivity index (χ1) is 10.0. The molecule has 0 saturated carbocycles. The van der Waals surface area contributed by atoms with E-state index < -0.39 is 0 Å². The van der Waals surface area contributed by atoms with Crippen LogP contribution in [-0.2, 0) is 4.79 Å². The zero-order chi connectivity index (χ0) is 15.3. The number of nitrogens with one attached hydrogen (secondary N) is 1. The van der Waals surface area contributed by atoms with Crippen LogP contribution in [0.25, 0.3) is 0 Å². The fourth-order valence-electron chi connectivity index (χ4n) is 2.07. The zero-order valence-electron chi connectivity index (χ0n) is 11.8. The van der Waals surface area contributed by atoms with Gasteiger partial charge in [0.05, 0.1) is 4.75 Å². The van der Waals surface area contributed by atoms with Gasteiger partial charge in [-0.1, -0.05) is 11.2 Å². The summed E-state index contributed by atoms with van der Waals surface area (Å²) in [7, 11) is 0. The van der Waals surface area contributed by atoms with Gasteiger partial charge in [0.25, 0.3) is 0 Å². The molecule has 114 valence electrons. The van der Waals surface area contributed by atoms with E-state index in [2.05, 4.69) is 10.5 Å². The molecule has 1 unspecified atom stereocenters. The van der Waals surface area contributed by atoms with Crippen molar-refractivity contribution >= 4 is 29.2 Å². The van der Waals surface area contributed by atoms with Crippen LogP contribution in [0.4, 0.5) is 5.69 Å². The average Bonchev–Trinajstić information content (AvgIpc) is 2.93. The van der Waals surface area contributed by atoms with Crippen LogP contribution in [-0.4, -0.2) is 34.1 Å². The molecule has 0 spiro atoms. The van der Waals surface area contributed by atoms with E-state index in [-0.39, 0.29) is 23.1 Å². The lowest BCUT2D eigenvalue weighted by Gasteiger charge is -2.21. The third kappa shape index (κ3) is 4.04. The predicted octanol–water partition coefficient (Wildman–Crippen LogP) is 2.04. The van der Waals surface area contributed by atoms with E-state index in [1.165, 1.54) is 0 Å².